The molecule has 2 N–H and O–H groups in total. The minimum absolute atomic E-state index is 0.0997. The minimum atomic E-state index is -0.528. The van der Waals surface area contributed by atoms with Crippen LogP contribution in [0.25, 0.3) is 0 Å². The molecule has 0 unspecified atom stereocenters. The van der Waals surface area contributed by atoms with Crippen LogP contribution >= 0.6 is 0 Å². The third kappa shape index (κ3) is 2.70. The standard InChI is InChI=1S/C14H21N3O3/c1-14(2,3)20-13(19)17-7-10-5-9(6-15)12(18)16(4)11(10)8-17/h5H,6-8,15H2,1-4H3. The zero-order chi connectivity index (χ0) is 15.1. The summed E-state index contributed by atoms with van der Waals surface area (Å²) in [7, 11) is 1.71. The summed E-state index contributed by atoms with van der Waals surface area (Å²) >= 11 is 0. The van der Waals surface area contributed by atoms with Gasteiger partial charge < -0.3 is 15.0 Å². The van der Waals surface area contributed by atoms with E-state index in [4.69, 9.17) is 10.5 Å². The Morgan fingerprint density at radius 2 is 2.05 bits per heavy atom. The Balaban J connectivity index is 2.26. The number of nitrogens with two attached hydrogens (primary N) is 1. The lowest BCUT2D eigenvalue weighted by Crippen LogP contribution is -2.33. The van der Waals surface area contributed by atoms with Gasteiger partial charge in [-0.1, -0.05) is 0 Å². The van der Waals surface area contributed by atoms with Crippen LogP contribution in [0.1, 0.15) is 37.6 Å². The molecule has 1 amide bonds. The summed E-state index contributed by atoms with van der Waals surface area (Å²) in [5, 5.41) is 0. The van der Waals surface area contributed by atoms with Crippen LogP contribution in [0.4, 0.5) is 4.79 Å². The normalized spacial score (nSPS) is 14.3. The van der Waals surface area contributed by atoms with Gasteiger partial charge in [-0.2, -0.15) is 0 Å². The van der Waals surface area contributed by atoms with Crippen LogP contribution in [-0.2, 0) is 31.4 Å². The summed E-state index contributed by atoms with van der Waals surface area (Å²) in [6.07, 6.45) is -0.365. The highest BCUT2D eigenvalue weighted by Crippen LogP contribution is 2.23. The zero-order valence-electron chi connectivity index (χ0n) is 12.4. The predicted octanol–water partition coefficient (Wildman–Crippen LogP) is 1.09. The van der Waals surface area contributed by atoms with Crippen molar-refractivity contribution < 1.29 is 9.53 Å². The average molecular weight is 279 g/mol. The fourth-order valence-corrected chi connectivity index (χ4v) is 2.30. The summed E-state index contributed by atoms with van der Waals surface area (Å²) in [5.41, 5.74) is 7.31. The molecular formula is C14H21N3O3. The van der Waals surface area contributed by atoms with Gasteiger partial charge in [-0.25, -0.2) is 4.79 Å². The second-order valence-corrected chi connectivity index (χ2v) is 6.05. The van der Waals surface area contributed by atoms with E-state index in [1.165, 1.54) is 0 Å². The number of rotatable bonds is 1. The number of carbonyl (C=O) groups is 1. The maximum absolute atomic E-state index is 12.1. The Hall–Kier alpha value is -1.82. The molecule has 0 spiro atoms. The monoisotopic (exact) mass is 279 g/mol. The number of fused-ring (bicyclic) bond motifs is 1. The van der Waals surface area contributed by atoms with Crippen molar-refractivity contribution >= 4 is 6.09 Å². The maximum atomic E-state index is 12.1. The van der Waals surface area contributed by atoms with Crippen LogP contribution < -0.4 is 11.3 Å². The molecule has 2 heterocycles. The summed E-state index contributed by atoms with van der Waals surface area (Å²) in [4.78, 5) is 25.7. The molecule has 0 fully saturated rings. The smallest absolute Gasteiger partial charge is 0.410 e. The lowest BCUT2D eigenvalue weighted by Gasteiger charge is -2.24. The summed E-state index contributed by atoms with van der Waals surface area (Å²) < 4.78 is 6.93. The molecule has 0 aromatic carbocycles. The average Bonchev–Trinajstić information content (AvgIpc) is 2.75. The van der Waals surface area contributed by atoms with Crippen molar-refractivity contribution in [2.24, 2.45) is 12.8 Å². The van der Waals surface area contributed by atoms with Crippen molar-refractivity contribution in [2.75, 3.05) is 0 Å². The number of amides is 1. The van der Waals surface area contributed by atoms with Gasteiger partial charge >= 0.3 is 6.09 Å². The molecule has 1 aliphatic heterocycles. The van der Waals surface area contributed by atoms with E-state index >= 15 is 0 Å². The van der Waals surface area contributed by atoms with Crippen molar-refractivity contribution in [3.05, 3.63) is 33.2 Å². The van der Waals surface area contributed by atoms with E-state index in [1.807, 2.05) is 20.8 Å². The number of hydrogen-bond donors (Lipinski definition) is 1. The van der Waals surface area contributed by atoms with E-state index in [9.17, 15) is 9.59 Å². The highest BCUT2D eigenvalue weighted by atomic mass is 16.6. The molecule has 1 aromatic rings. The van der Waals surface area contributed by atoms with Gasteiger partial charge in [0.25, 0.3) is 5.56 Å². The van der Waals surface area contributed by atoms with Gasteiger partial charge in [-0.3, -0.25) is 9.69 Å². The number of hydrogen-bond acceptors (Lipinski definition) is 4. The van der Waals surface area contributed by atoms with E-state index < -0.39 is 5.60 Å². The van der Waals surface area contributed by atoms with Gasteiger partial charge in [0, 0.05) is 24.8 Å². The van der Waals surface area contributed by atoms with Crippen molar-refractivity contribution in [1.82, 2.24) is 9.47 Å². The molecule has 6 heteroatoms. The lowest BCUT2D eigenvalue weighted by atomic mass is 10.1. The number of pyridine rings is 1. The van der Waals surface area contributed by atoms with Gasteiger partial charge in [0.1, 0.15) is 5.60 Å². The van der Waals surface area contributed by atoms with Crippen LogP contribution in [0, 0.1) is 0 Å². The minimum Gasteiger partial charge on any atom is -0.444 e. The first-order valence-electron chi connectivity index (χ1n) is 6.61. The number of ether oxygens (including phenoxy) is 1. The molecule has 0 aliphatic carbocycles. The highest BCUT2D eigenvalue weighted by molar-refractivity contribution is 5.69. The van der Waals surface area contributed by atoms with Gasteiger partial charge in [-0.15, -0.1) is 0 Å². The van der Waals surface area contributed by atoms with Crippen LogP contribution in [-0.4, -0.2) is 21.2 Å². The van der Waals surface area contributed by atoms with Crippen LogP contribution in [0.2, 0.25) is 0 Å². The predicted molar refractivity (Wildman–Crippen MR) is 75.1 cm³/mol. The van der Waals surface area contributed by atoms with Gasteiger partial charge in [-0.05, 0) is 32.4 Å². The molecule has 1 aromatic heterocycles. The first-order valence-corrected chi connectivity index (χ1v) is 6.61. The third-order valence-electron chi connectivity index (χ3n) is 3.28. The van der Waals surface area contributed by atoms with E-state index in [-0.39, 0.29) is 18.2 Å². The van der Waals surface area contributed by atoms with Gasteiger partial charge in [0.05, 0.1) is 13.1 Å². The Bertz CT molecular complexity index is 599. The van der Waals surface area contributed by atoms with E-state index in [1.54, 1.807) is 22.6 Å². The number of nitrogens with zero attached hydrogens (tertiary/aromatic N) is 2. The summed E-state index contributed by atoms with van der Waals surface area (Å²) in [6.45, 7) is 6.53. The second-order valence-electron chi connectivity index (χ2n) is 6.05. The number of aromatic nitrogens is 1. The molecule has 1 aliphatic rings. The summed E-state index contributed by atoms with van der Waals surface area (Å²) in [5.74, 6) is 0. The van der Waals surface area contributed by atoms with Crippen molar-refractivity contribution in [3.8, 4) is 0 Å². The largest absolute Gasteiger partial charge is 0.444 e. The molecule has 6 nitrogen and oxygen atoms in total. The molecule has 0 saturated heterocycles. The van der Waals surface area contributed by atoms with E-state index in [2.05, 4.69) is 0 Å². The molecule has 20 heavy (non-hydrogen) atoms. The topological polar surface area (TPSA) is 77.6 Å². The SMILES string of the molecule is Cn1c2c(cc(CN)c1=O)CN(C(=O)OC(C)(C)C)C2. The fraction of sp³-hybridized carbons (Fsp3) is 0.571. The van der Waals surface area contributed by atoms with Crippen LogP contribution in [0.5, 0.6) is 0 Å². The molecule has 2 rings (SSSR count). The van der Waals surface area contributed by atoms with Gasteiger partial charge in [0.15, 0.2) is 0 Å². The molecule has 0 atom stereocenters. The fourth-order valence-electron chi connectivity index (χ4n) is 2.30. The molecule has 0 saturated carbocycles. The molecule has 0 radical (unpaired) electrons. The van der Waals surface area contributed by atoms with Crippen molar-refractivity contribution in [3.63, 3.8) is 0 Å². The van der Waals surface area contributed by atoms with E-state index in [0.717, 1.165) is 11.3 Å². The molecule has 110 valence electrons. The van der Waals surface area contributed by atoms with Crippen molar-refractivity contribution in [1.29, 1.82) is 0 Å². The quantitative estimate of drug-likeness (QED) is 0.835. The maximum Gasteiger partial charge on any atom is 0.410 e. The van der Waals surface area contributed by atoms with Crippen LogP contribution in [0.3, 0.4) is 0 Å². The third-order valence-corrected chi connectivity index (χ3v) is 3.28. The van der Waals surface area contributed by atoms with Gasteiger partial charge in [0.2, 0.25) is 0 Å². The first-order chi connectivity index (χ1) is 9.23. The summed E-state index contributed by atoms with van der Waals surface area (Å²) in [6, 6.07) is 1.79. The lowest BCUT2D eigenvalue weighted by molar-refractivity contribution is 0.0240. The Kier molecular flexibility index (Phi) is 3.60. The molecule has 0 bridgehead atoms. The highest BCUT2D eigenvalue weighted by Gasteiger charge is 2.29. The Labute approximate surface area is 118 Å². The van der Waals surface area contributed by atoms with Crippen molar-refractivity contribution in [2.45, 2.75) is 46.0 Å². The van der Waals surface area contributed by atoms with Crippen LogP contribution in [0.15, 0.2) is 10.9 Å². The Morgan fingerprint density at radius 3 is 2.60 bits per heavy atom. The zero-order valence-corrected chi connectivity index (χ0v) is 12.4. The van der Waals surface area contributed by atoms with E-state index in [0.29, 0.717) is 18.7 Å². The first kappa shape index (κ1) is 14.6. The Morgan fingerprint density at radius 1 is 1.40 bits per heavy atom. The second kappa shape index (κ2) is 4.94. The number of carbonyl (C=O) groups excluding carboxylic acids is 1. The molecular weight excluding hydrogens is 258 g/mol.